The lowest BCUT2D eigenvalue weighted by molar-refractivity contribution is 0.442. The zero-order chi connectivity index (χ0) is 10.1. The lowest BCUT2D eigenvalue weighted by Gasteiger charge is -2.26. The smallest absolute Gasteiger partial charge is 0.0441 e. The second-order valence-electron chi connectivity index (χ2n) is 4.68. The van der Waals surface area contributed by atoms with Gasteiger partial charge in [0.1, 0.15) is 0 Å². The van der Waals surface area contributed by atoms with E-state index in [0.29, 0.717) is 5.92 Å². The average Bonchev–Trinajstić information content (AvgIpc) is 2.17. The van der Waals surface area contributed by atoms with Gasteiger partial charge in [0.15, 0.2) is 0 Å². The lowest BCUT2D eigenvalue weighted by Crippen LogP contribution is -2.16. The topological polar surface area (TPSA) is 12.9 Å². The van der Waals surface area contributed by atoms with E-state index in [1.165, 1.54) is 29.7 Å². The molecule has 2 atom stereocenters. The highest BCUT2D eigenvalue weighted by atomic mass is 14.7. The van der Waals surface area contributed by atoms with Crippen molar-refractivity contribution in [2.24, 2.45) is 5.92 Å². The number of pyridine rings is 1. The molecule has 0 N–H and O–H groups in total. The Labute approximate surface area is 86.6 Å². The molecule has 1 heterocycles. The van der Waals surface area contributed by atoms with E-state index in [9.17, 15) is 0 Å². The molecular weight excluding hydrogens is 170 g/mol. The fraction of sp³-hybridized carbons (Fsp3) is 0.615. The largest absolute Gasteiger partial charge is 0.261 e. The van der Waals surface area contributed by atoms with Crippen LogP contribution in [0.3, 0.4) is 0 Å². The molecule has 1 nitrogen and oxygen atoms in total. The van der Waals surface area contributed by atoms with Crippen molar-refractivity contribution in [3.05, 3.63) is 29.1 Å². The summed E-state index contributed by atoms with van der Waals surface area (Å²) >= 11 is 0. The van der Waals surface area contributed by atoms with Crippen LogP contribution in [0, 0.1) is 5.92 Å². The summed E-state index contributed by atoms with van der Waals surface area (Å²) in [4.78, 5) is 4.59. The SMILES string of the molecule is CCc1cnc2c(c1)C(C)CC(C)C2. The van der Waals surface area contributed by atoms with Gasteiger partial charge in [-0.05, 0) is 42.2 Å². The van der Waals surface area contributed by atoms with Crippen LogP contribution in [-0.4, -0.2) is 4.98 Å². The molecule has 0 amide bonds. The molecule has 0 fully saturated rings. The normalized spacial score (nSPS) is 25.9. The molecule has 0 bridgehead atoms. The number of hydrogen-bond acceptors (Lipinski definition) is 1. The Morgan fingerprint density at radius 3 is 2.93 bits per heavy atom. The van der Waals surface area contributed by atoms with Gasteiger partial charge in [0.2, 0.25) is 0 Å². The van der Waals surface area contributed by atoms with Crippen LogP contribution in [0.4, 0.5) is 0 Å². The van der Waals surface area contributed by atoms with E-state index in [-0.39, 0.29) is 0 Å². The van der Waals surface area contributed by atoms with Crippen molar-refractivity contribution in [1.82, 2.24) is 4.98 Å². The Morgan fingerprint density at radius 1 is 1.43 bits per heavy atom. The molecule has 0 saturated carbocycles. The summed E-state index contributed by atoms with van der Waals surface area (Å²) in [7, 11) is 0. The fourth-order valence-corrected chi connectivity index (χ4v) is 2.49. The van der Waals surface area contributed by atoms with Crippen LogP contribution in [0.5, 0.6) is 0 Å². The Bertz CT molecular complexity index is 330. The molecule has 76 valence electrons. The lowest BCUT2D eigenvalue weighted by atomic mass is 9.80. The highest BCUT2D eigenvalue weighted by molar-refractivity contribution is 5.30. The summed E-state index contributed by atoms with van der Waals surface area (Å²) < 4.78 is 0. The van der Waals surface area contributed by atoms with E-state index in [2.05, 4.69) is 31.8 Å². The summed E-state index contributed by atoms with van der Waals surface area (Å²) in [5.74, 6) is 1.50. The molecule has 1 aromatic heterocycles. The summed E-state index contributed by atoms with van der Waals surface area (Å²) in [6.07, 6.45) is 5.64. The van der Waals surface area contributed by atoms with Crippen molar-refractivity contribution in [2.45, 2.75) is 46.0 Å². The quantitative estimate of drug-likeness (QED) is 0.660. The van der Waals surface area contributed by atoms with Gasteiger partial charge in [-0.15, -0.1) is 0 Å². The maximum atomic E-state index is 4.59. The number of fused-ring (bicyclic) bond motifs is 1. The monoisotopic (exact) mass is 189 g/mol. The molecule has 0 aliphatic heterocycles. The van der Waals surface area contributed by atoms with Gasteiger partial charge in [-0.2, -0.15) is 0 Å². The third-order valence-electron chi connectivity index (χ3n) is 3.30. The van der Waals surface area contributed by atoms with Crippen LogP contribution >= 0.6 is 0 Å². The summed E-state index contributed by atoms with van der Waals surface area (Å²) in [5.41, 5.74) is 4.22. The van der Waals surface area contributed by atoms with Gasteiger partial charge in [-0.25, -0.2) is 0 Å². The number of nitrogens with zero attached hydrogens (tertiary/aromatic N) is 1. The van der Waals surface area contributed by atoms with Gasteiger partial charge in [0.25, 0.3) is 0 Å². The van der Waals surface area contributed by atoms with Gasteiger partial charge in [0, 0.05) is 11.9 Å². The molecule has 1 aliphatic carbocycles. The van der Waals surface area contributed by atoms with Gasteiger partial charge in [0.05, 0.1) is 0 Å². The van der Waals surface area contributed by atoms with E-state index in [0.717, 1.165) is 12.3 Å². The van der Waals surface area contributed by atoms with Crippen LogP contribution in [0.2, 0.25) is 0 Å². The molecule has 0 saturated heterocycles. The molecule has 2 rings (SSSR count). The second-order valence-corrected chi connectivity index (χ2v) is 4.68. The highest BCUT2D eigenvalue weighted by Gasteiger charge is 2.22. The minimum Gasteiger partial charge on any atom is -0.261 e. The van der Waals surface area contributed by atoms with Crippen LogP contribution in [0.1, 0.15) is 49.9 Å². The number of aromatic nitrogens is 1. The Kier molecular flexibility index (Phi) is 2.58. The van der Waals surface area contributed by atoms with E-state index in [1.807, 2.05) is 6.20 Å². The van der Waals surface area contributed by atoms with Gasteiger partial charge >= 0.3 is 0 Å². The summed E-state index contributed by atoms with van der Waals surface area (Å²) in [5, 5.41) is 0. The first kappa shape index (κ1) is 9.70. The number of rotatable bonds is 1. The van der Waals surface area contributed by atoms with Crippen LogP contribution < -0.4 is 0 Å². The Hall–Kier alpha value is -0.850. The molecule has 0 spiro atoms. The van der Waals surface area contributed by atoms with Crippen molar-refractivity contribution < 1.29 is 0 Å². The molecule has 2 unspecified atom stereocenters. The second kappa shape index (κ2) is 3.72. The Morgan fingerprint density at radius 2 is 2.21 bits per heavy atom. The molecule has 1 heteroatoms. The molecule has 1 aromatic rings. The first-order chi connectivity index (χ1) is 6.70. The third-order valence-corrected chi connectivity index (χ3v) is 3.30. The highest BCUT2D eigenvalue weighted by Crippen LogP contribution is 2.33. The Balaban J connectivity index is 2.39. The van der Waals surface area contributed by atoms with Crippen LogP contribution in [-0.2, 0) is 12.8 Å². The van der Waals surface area contributed by atoms with Gasteiger partial charge in [-0.1, -0.05) is 26.8 Å². The molecule has 0 radical (unpaired) electrons. The zero-order valence-corrected chi connectivity index (χ0v) is 9.38. The van der Waals surface area contributed by atoms with E-state index in [4.69, 9.17) is 0 Å². The predicted octanol–water partition coefficient (Wildman–Crippen LogP) is 3.33. The van der Waals surface area contributed by atoms with E-state index < -0.39 is 0 Å². The summed E-state index contributed by atoms with van der Waals surface area (Å²) in [6.45, 7) is 6.85. The predicted molar refractivity (Wildman–Crippen MR) is 59.5 cm³/mol. The molecular formula is C13H19N. The molecule has 14 heavy (non-hydrogen) atoms. The fourth-order valence-electron chi connectivity index (χ4n) is 2.49. The van der Waals surface area contributed by atoms with Crippen molar-refractivity contribution in [3.8, 4) is 0 Å². The molecule has 0 aromatic carbocycles. The standard InChI is InChI=1S/C13H19N/c1-4-11-7-12-10(3)5-9(2)6-13(12)14-8-11/h7-10H,4-6H2,1-3H3. The van der Waals surface area contributed by atoms with Gasteiger partial charge < -0.3 is 0 Å². The number of hydrogen-bond donors (Lipinski definition) is 0. The van der Waals surface area contributed by atoms with Crippen molar-refractivity contribution in [3.63, 3.8) is 0 Å². The first-order valence-electron chi connectivity index (χ1n) is 5.68. The molecule has 1 aliphatic rings. The minimum atomic E-state index is 0.702. The van der Waals surface area contributed by atoms with E-state index >= 15 is 0 Å². The summed E-state index contributed by atoms with van der Waals surface area (Å²) in [6, 6.07) is 2.36. The van der Waals surface area contributed by atoms with Crippen molar-refractivity contribution >= 4 is 0 Å². The average molecular weight is 189 g/mol. The van der Waals surface area contributed by atoms with E-state index in [1.54, 1.807) is 0 Å². The minimum absolute atomic E-state index is 0.702. The third kappa shape index (κ3) is 1.68. The zero-order valence-electron chi connectivity index (χ0n) is 9.38. The maximum Gasteiger partial charge on any atom is 0.0441 e. The van der Waals surface area contributed by atoms with Crippen molar-refractivity contribution in [2.75, 3.05) is 0 Å². The number of aryl methyl sites for hydroxylation is 1. The first-order valence-corrected chi connectivity index (χ1v) is 5.68. The maximum absolute atomic E-state index is 4.59. The van der Waals surface area contributed by atoms with Crippen molar-refractivity contribution in [1.29, 1.82) is 0 Å². The van der Waals surface area contributed by atoms with Gasteiger partial charge in [-0.3, -0.25) is 4.98 Å². The van der Waals surface area contributed by atoms with Crippen LogP contribution in [0.25, 0.3) is 0 Å². The van der Waals surface area contributed by atoms with Crippen LogP contribution in [0.15, 0.2) is 12.3 Å².